The molecule has 20 heavy (non-hydrogen) atoms. The third kappa shape index (κ3) is 2.85. The largest absolute Gasteiger partial charge is 0.477 e. The van der Waals surface area contributed by atoms with Gasteiger partial charge in [0, 0.05) is 18.8 Å². The number of hydrogen-bond donors (Lipinski definition) is 1. The third-order valence-electron chi connectivity index (χ3n) is 4.79. The van der Waals surface area contributed by atoms with E-state index in [9.17, 15) is 4.79 Å². The van der Waals surface area contributed by atoms with Gasteiger partial charge in [-0.2, -0.15) is 0 Å². The summed E-state index contributed by atoms with van der Waals surface area (Å²) in [5.41, 5.74) is 1.23. The second-order valence-electron chi connectivity index (χ2n) is 6.08. The number of nitrogens with zero attached hydrogens (tertiary/aromatic N) is 2. The molecule has 0 unspecified atom stereocenters. The summed E-state index contributed by atoms with van der Waals surface area (Å²) in [5.74, 6) is -0.0840. The minimum absolute atomic E-state index is 0.153. The topological polar surface area (TPSA) is 53.4 Å². The Balaban J connectivity index is 1.72. The second-order valence-corrected chi connectivity index (χ2v) is 6.08. The van der Waals surface area contributed by atoms with E-state index in [1.807, 2.05) is 6.07 Å². The van der Waals surface area contributed by atoms with Crippen LogP contribution < -0.4 is 0 Å². The molecule has 4 heteroatoms. The van der Waals surface area contributed by atoms with Crippen LogP contribution in [0.1, 0.15) is 54.6 Å². The zero-order valence-corrected chi connectivity index (χ0v) is 11.8. The van der Waals surface area contributed by atoms with Gasteiger partial charge in [-0.15, -0.1) is 0 Å². The number of aromatic nitrogens is 1. The SMILES string of the molecule is O=C(O)c1cc(CN2CCC[C@H]3CCCC[C@H]32)ccn1. The van der Waals surface area contributed by atoms with Crippen molar-refractivity contribution < 1.29 is 9.90 Å². The summed E-state index contributed by atoms with van der Waals surface area (Å²) in [5, 5.41) is 9.03. The fraction of sp³-hybridized carbons (Fsp3) is 0.625. The third-order valence-corrected chi connectivity index (χ3v) is 4.79. The van der Waals surface area contributed by atoms with Gasteiger partial charge in [-0.3, -0.25) is 4.90 Å². The molecule has 4 nitrogen and oxygen atoms in total. The molecule has 0 radical (unpaired) electrons. The second kappa shape index (κ2) is 5.92. The first kappa shape index (κ1) is 13.6. The van der Waals surface area contributed by atoms with Gasteiger partial charge in [-0.25, -0.2) is 9.78 Å². The van der Waals surface area contributed by atoms with E-state index < -0.39 is 5.97 Å². The Kier molecular flexibility index (Phi) is 4.01. The molecule has 1 saturated carbocycles. The van der Waals surface area contributed by atoms with Crippen LogP contribution in [0.25, 0.3) is 0 Å². The number of carbonyl (C=O) groups is 1. The molecular formula is C16H22N2O2. The molecule has 2 fully saturated rings. The maximum absolute atomic E-state index is 11.0. The molecule has 2 aliphatic rings. The number of likely N-dealkylation sites (tertiary alicyclic amines) is 1. The Morgan fingerprint density at radius 3 is 2.95 bits per heavy atom. The zero-order valence-electron chi connectivity index (χ0n) is 11.8. The molecule has 1 saturated heterocycles. The van der Waals surface area contributed by atoms with Crippen LogP contribution in [0.15, 0.2) is 18.3 Å². The van der Waals surface area contributed by atoms with E-state index in [1.54, 1.807) is 12.3 Å². The van der Waals surface area contributed by atoms with Crippen LogP contribution >= 0.6 is 0 Å². The van der Waals surface area contributed by atoms with Crippen molar-refractivity contribution in [2.75, 3.05) is 6.54 Å². The molecule has 2 heterocycles. The van der Waals surface area contributed by atoms with Gasteiger partial charge in [0.2, 0.25) is 0 Å². The average molecular weight is 274 g/mol. The number of rotatable bonds is 3. The molecule has 1 N–H and O–H groups in total. The van der Waals surface area contributed by atoms with Gasteiger partial charge in [0.05, 0.1) is 0 Å². The summed E-state index contributed by atoms with van der Waals surface area (Å²) in [4.78, 5) is 17.5. The summed E-state index contributed by atoms with van der Waals surface area (Å²) in [6.07, 6.45) is 9.66. The molecule has 0 amide bonds. The van der Waals surface area contributed by atoms with Gasteiger partial charge in [0.1, 0.15) is 5.69 Å². The van der Waals surface area contributed by atoms with Crippen molar-refractivity contribution in [2.45, 2.75) is 51.1 Å². The van der Waals surface area contributed by atoms with Crippen molar-refractivity contribution in [2.24, 2.45) is 5.92 Å². The van der Waals surface area contributed by atoms with Gasteiger partial charge >= 0.3 is 5.97 Å². The lowest BCUT2D eigenvalue weighted by molar-refractivity contribution is 0.0545. The molecule has 0 spiro atoms. The molecule has 1 aromatic rings. The first-order valence-electron chi connectivity index (χ1n) is 7.66. The van der Waals surface area contributed by atoms with Crippen molar-refractivity contribution in [3.8, 4) is 0 Å². The van der Waals surface area contributed by atoms with Crippen molar-refractivity contribution in [3.05, 3.63) is 29.6 Å². The molecule has 108 valence electrons. The fourth-order valence-corrected chi connectivity index (χ4v) is 3.85. The Labute approximate surface area is 119 Å². The summed E-state index contributed by atoms with van der Waals surface area (Å²) >= 11 is 0. The standard InChI is InChI=1S/C16H22N2O2/c19-16(20)14-10-12(7-8-17-14)11-18-9-3-5-13-4-1-2-6-15(13)18/h7-8,10,13,15H,1-6,9,11H2,(H,19,20)/t13-,15-/m1/s1. The summed E-state index contributed by atoms with van der Waals surface area (Å²) in [7, 11) is 0. The van der Waals surface area contributed by atoms with E-state index in [0.29, 0.717) is 6.04 Å². The smallest absolute Gasteiger partial charge is 0.354 e. The number of hydrogen-bond acceptors (Lipinski definition) is 3. The Morgan fingerprint density at radius 2 is 2.10 bits per heavy atom. The summed E-state index contributed by atoms with van der Waals surface area (Å²) < 4.78 is 0. The van der Waals surface area contributed by atoms with E-state index in [2.05, 4.69) is 9.88 Å². The normalized spacial score (nSPS) is 27.0. The average Bonchev–Trinajstić information content (AvgIpc) is 2.48. The lowest BCUT2D eigenvalue weighted by Crippen LogP contribution is -2.46. The number of carboxylic acids is 1. The molecule has 1 aliphatic carbocycles. The van der Waals surface area contributed by atoms with Gasteiger partial charge < -0.3 is 5.11 Å². The first-order chi connectivity index (χ1) is 9.74. The lowest BCUT2D eigenvalue weighted by atomic mass is 9.78. The minimum atomic E-state index is -0.943. The Bertz CT molecular complexity index is 487. The van der Waals surface area contributed by atoms with E-state index in [0.717, 1.165) is 24.6 Å². The number of fused-ring (bicyclic) bond motifs is 1. The van der Waals surface area contributed by atoms with Crippen LogP contribution in [-0.2, 0) is 6.54 Å². The minimum Gasteiger partial charge on any atom is -0.477 e. The number of pyridine rings is 1. The van der Waals surface area contributed by atoms with Gasteiger partial charge in [-0.05, 0) is 55.8 Å². The molecule has 1 aliphatic heterocycles. The molecule has 1 aromatic heterocycles. The highest BCUT2D eigenvalue weighted by molar-refractivity contribution is 5.85. The van der Waals surface area contributed by atoms with Crippen LogP contribution in [0.5, 0.6) is 0 Å². The first-order valence-corrected chi connectivity index (χ1v) is 7.66. The predicted molar refractivity (Wildman–Crippen MR) is 76.6 cm³/mol. The van der Waals surface area contributed by atoms with Crippen LogP contribution in [0, 0.1) is 5.92 Å². The van der Waals surface area contributed by atoms with E-state index >= 15 is 0 Å². The van der Waals surface area contributed by atoms with Gasteiger partial charge in [0.15, 0.2) is 0 Å². The highest BCUT2D eigenvalue weighted by Gasteiger charge is 2.32. The Morgan fingerprint density at radius 1 is 1.30 bits per heavy atom. The van der Waals surface area contributed by atoms with E-state index in [1.165, 1.54) is 38.5 Å². The lowest BCUT2D eigenvalue weighted by Gasteiger charge is -2.44. The predicted octanol–water partition coefficient (Wildman–Crippen LogP) is 2.93. The molecule has 0 bridgehead atoms. The molecular weight excluding hydrogens is 252 g/mol. The van der Waals surface area contributed by atoms with Crippen molar-refractivity contribution >= 4 is 5.97 Å². The van der Waals surface area contributed by atoms with Gasteiger partial charge in [-0.1, -0.05) is 12.8 Å². The zero-order chi connectivity index (χ0) is 13.9. The van der Waals surface area contributed by atoms with Crippen LogP contribution in [0.4, 0.5) is 0 Å². The van der Waals surface area contributed by atoms with Crippen LogP contribution in [0.2, 0.25) is 0 Å². The highest BCUT2D eigenvalue weighted by Crippen LogP contribution is 2.35. The summed E-state index contributed by atoms with van der Waals surface area (Å²) in [6, 6.07) is 4.37. The van der Waals surface area contributed by atoms with Crippen molar-refractivity contribution in [1.82, 2.24) is 9.88 Å². The highest BCUT2D eigenvalue weighted by atomic mass is 16.4. The van der Waals surface area contributed by atoms with Crippen LogP contribution in [0.3, 0.4) is 0 Å². The fourth-order valence-electron chi connectivity index (χ4n) is 3.85. The van der Waals surface area contributed by atoms with E-state index in [-0.39, 0.29) is 5.69 Å². The quantitative estimate of drug-likeness (QED) is 0.920. The van der Waals surface area contributed by atoms with Crippen LogP contribution in [-0.4, -0.2) is 33.5 Å². The maximum atomic E-state index is 11.0. The molecule has 3 rings (SSSR count). The molecule has 0 aromatic carbocycles. The number of aromatic carboxylic acids is 1. The summed E-state index contributed by atoms with van der Waals surface area (Å²) in [6.45, 7) is 2.01. The van der Waals surface area contributed by atoms with Crippen molar-refractivity contribution in [1.29, 1.82) is 0 Å². The maximum Gasteiger partial charge on any atom is 0.354 e. The van der Waals surface area contributed by atoms with Gasteiger partial charge in [0.25, 0.3) is 0 Å². The Hall–Kier alpha value is -1.42. The van der Waals surface area contributed by atoms with E-state index in [4.69, 9.17) is 5.11 Å². The number of carboxylic acid groups (broad SMARTS) is 1. The molecule has 2 atom stereocenters. The number of piperidine rings is 1. The van der Waals surface area contributed by atoms with Crippen molar-refractivity contribution in [3.63, 3.8) is 0 Å². The monoisotopic (exact) mass is 274 g/mol.